The number of para-hydroxylation sites is 1. The number of benzene rings is 2. The molecule has 28 heavy (non-hydrogen) atoms. The Hall–Kier alpha value is -2.11. The van der Waals surface area contributed by atoms with E-state index in [9.17, 15) is 4.39 Å². The van der Waals surface area contributed by atoms with Crippen LogP contribution in [0.1, 0.15) is 18.9 Å². The van der Waals surface area contributed by atoms with E-state index < -0.39 is 8.07 Å². The molecule has 0 aliphatic rings. The summed E-state index contributed by atoms with van der Waals surface area (Å²) in [6.45, 7) is 7.53. The molecule has 0 aliphatic heterocycles. The molecule has 1 heterocycles. The summed E-state index contributed by atoms with van der Waals surface area (Å²) < 4.78 is 26.9. The quantitative estimate of drug-likeness (QED) is 0.366. The van der Waals surface area contributed by atoms with E-state index in [1.165, 1.54) is 16.6 Å². The molecule has 0 spiro atoms. The molecular formula is C23H27FO2SSi. The Morgan fingerprint density at radius 3 is 2.54 bits per heavy atom. The Kier molecular flexibility index (Phi) is 6.91. The van der Waals surface area contributed by atoms with Crippen molar-refractivity contribution in [2.75, 3.05) is 6.61 Å². The van der Waals surface area contributed by atoms with Crippen LogP contribution in [0.15, 0.2) is 60.7 Å². The maximum Gasteiger partial charge on any atom is 0.173 e. The van der Waals surface area contributed by atoms with Crippen LogP contribution in [0.25, 0.3) is 0 Å². The van der Waals surface area contributed by atoms with Crippen LogP contribution < -0.4 is 14.0 Å². The smallest absolute Gasteiger partial charge is 0.173 e. The van der Waals surface area contributed by atoms with Crippen molar-refractivity contribution in [2.45, 2.75) is 38.9 Å². The van der Waals surface area contributed by atoms with Gasteiger partial charge in [-0.3, -0.25) is 0 Å². The van der Waals surface area contributed by atoms with Crippen LogP contribution in [0, 0.1) is 5.82 Å². The van der Waals surface area contributed by atoms with Crippen LogP contribution in [0.3, 0.4) is 0 Å². The first-order chi connectivity index (χ1) is 13.5. The van der Waals surface area contributed by atoms with Crippen molar-refractivity contribution in [3.8, 4) is 16.6 Å². The molecule has 3 aromatic rings. The lowest BCUT2D eigenvalue weighted by atomic mass is 10.1. The zero-order valence-electron chi connectivity index (χ0n) is 16.7. The highest BCUT2D eigenvalue weighted by Crippen LogP contribution is 2.27. The largest absolute Gasteiger partial charge is 0.484 e. The summed E-state index contributed by atoms with van der Waals surface area (Å²) in [5.41, 5.74) is 1.11. The fraction of sp³-hybridized carbons (Fsp3) is 0.304. The third-order valence-corrected chi connectivity index (χ3v) is 10.6. The Bertz CT molecular complexity index is 893. The van der Waals surface area contributed by atoms with Gasteiger partial charge in [-0.25, -0.2) is 4.39 Å². The van der Waals surface area contributed by atoms with Gasteiger partial charge in [0.1, 0.15) is 5.75 Å². The summed E-state index contributed by atoms with van der Waals surface area (Å²) >= 11 is 1.79. The fourth-order valence-electron chi connectivity index (χ4n) is 3.16. The lowest BCUT2D eigenvalue weighted by molar-refractivity contribution is 0.350. The number of ether oxygens (including phenoxy) is 2. The maximum atomic E-state index is 14.1. The molecule has 0 amide bonds. The van der Waals surface area contributed by atoms with E-state index >= 15 is 0 Å². The first-order valence-corrected chi connectivity index (χ1v) is 13.7. The highest BCUT2D eigenvalue weighted by molar-refractivity contribution is 7.27. The lowest BCUT2D eigenvalue weighted by Crippen LogP contribution is -2.38. The normalized spacial score (nSPS) is 11.4. The van der Waals surface area contributed by atoms with E-state index in [0.29, 0.717) is 18.1 Å². The van der Waals surface area contributed by atoms with Crippen molar-refractivity contribution in [1.82, 2.24) is 0 Å². The molecule has 0 atom stereocenters. The maximum absolute atomic E-state index is 14.1. The second-order valence-electron chi connectivity index (χ2n) is 7.47. The van der Waals surface area contributed by atoms with Crippen molar-refractivity contribution in [1.29, 1.82) is 0 Å². The Morgan fingerprint density at radius 1 is 1.00 bits per heavy atom. The van der Waals surface area contributed by atoms with Gasteiger partial charge in [-0.15, -0.1) is 11.3 Å². The molecule has 148 valence electrons. The average Bonchev–Trinajstić information content (AvgIpc) is 3.15. The molecule has 0 radical (unpaired) electrons. The predicted octanol–water partition coefficient (Wildman–Crippen LogP) is 6.63. The highest BCUT2D eigenvalue weighted by atomic mass is 32.1. The molecule has 5 heteroatoms. The number of hydrogen-bond acceptors (Lipinski definition) is 3. The van der Waals surface area contributed by atoms with E-state index in [1.54, 1.807) is 11.3 Å². The minimum absolute atomic E-state index is 0.291. The molecule has 0 bridgehead atoms. The van der Waals surface area contributed by atoms with Crippen LogP contribution in [-0.4, -0.2) is 14.7 Å². The zero-order valence-corrected chi connectivity index (χ0v) is 18.5. The minimum Gasteiger partial charge on any atom is -0.484 e. The molecule has 2 nitrogen and oxygen atoms in total. The number of halogens is 1. The zero-order chi connectivity index (χ0) is 20.0. The van der Waals surface area contributed by atoms with Crippen LogP contribution >= 0.6 is 11.3 Å². The van der Waals surface area contributed by atoms with Gasteiger partial charge in [0, 0.05) is 0 Å². The highest BCUT2D eigenvalue weighted by Gasteiger charge is 2.25. The van der Waals surface area contributed by atoms with Gasteiger partial charge in [0.15, 0.2) is 16.6 Å². The fourth-order valence-corrected chi connectivity index (χ4v) is 7.38. The topological polar surface area (TPSA) is 18.5 Å². The van der Waals surface area contributed by atoms with Gasteiger partial charge in [-0.1, -0.05) is 49.8 Å². The van der Waals surface area contributed by atoms with Gasteiger partial charge in [-0.05, 0) is 59.8 Å². The van der Waals surface area contributed by atoms with Crippen LogP contribution in [0.4, 0.5) is 4.39 Å². The van der Waals surface area contributed by atoms with Gasteiger partial charge in [-0.2, -0.15) is 0 Å². The van der Waals surface area contributed by atoms with Crippen LogP contribution in [0.5, 0.6) is 16.6 Å². The van der Waals surface area contributed by atoms with Crippen molar-refractivity contribution < 1.29 is 13.9 Å². The molecular weight excluding hydrogens is 387 g/mol. The van der Waals surface area contributed by atoms with Crippen molar-refractivity contribution in [3.05, 3.63) is 72.0 Å². The third kappa shape index (κ3) is 5.46. The molecule has 0 fully saturated rings. The monoisotopic (exact) mass is 414 g/mol. The van der Waals surface area contributed by atoms with E-state index in [1.807, 2.05) is 49.4 Å². The predicted molar refractivity (Wildman–Crippen MR) is 119 cm³/mol. The molecule has 0 saturated carbocycles. The first-order valence-electron chi connectivity index (χ1n) is 9.72. The van der Waals surface area contributed by atoms with Crippen molar-refractivity contribution in [2.24, 2.45) is 0 Å². The summed E-state index contributed by atoms with van der Waals surface area (Å²) in [7, 11) is -1.49. The van der Waals surface area contributed by atoms with Gasteiger partial charge in [0.05, 0.1) is 14.7 Å². The summed E-state index contributed by atoms with van der Waals surface area (Å²) in [6, 6.07) is 20.0. The minimum atomic E-state index is -1.49. The molecule has 0 aliphatic carbocycles. The molecule has 2 aromatic carbocycles. The van der Waals surface area contributed by atoms with Crippen molar-refractivity contribution in [3.63, 3.8) is 0 Å². The molecule has 0 N–H and O–H groups in total. The molecule has 3 rings (SSSR count). The Labute approximate surface area is 172 Å². The summed E-state index contributed by atoms with van der Waals surface area (Å²) in [5.74, 6) is 0.610. The van der Waals surface area contributed by atoms with Crippen LogP contribution in [0.2, 0.25) is 19.1 Å². The summed E-state index contributed by atoms with van der Waals surface area (Å²) in [6.07, 6.45) is 2.00. The number of rotatable bonds is 9. The Morgan fingerprint density at radius 2 is 1.79 bits per heavy atom. The van der Waals surface area contributed by atoms with Gasteiger partial charge >= 0.3 is 0 Å². The van der Waals surface area contributed by atoms with E-state index in [4.69, 9.17) is 9.47 Å². The lowest BCUT2D eigenvalue weighted by Gasteiger charge is -2.20. The van der Waals surface area contributed by atoms with E-state index in [0.717, 1.165) is 23.5 Å². The third-order valence-electron chi connectivity index (χ3n) is 4.77. The van der Waals surface area contributed by atoms with Crippen LogP contribution in [-0.2, 0) is 6.42 Å². The second-order valence-corrected chi connectivity index (χ2v) is 13.7. The first kappa shape index (κ1) is 20.6. The standard InChI is InChI=1S/C23H27FO2SSi/c1-4-25-22-14-15-23(27-22)28(2,3)16-8-9-18-12-13-20(24)21(17-18)26-19-10-6-5-7-11-19/h5-7,10-15,17H,4,8-9,16H2,1-3H3. The average molecular weight is 415 g/mol. The molecule has 0 saturated heterocycles. The van der Waals surface area contributed by atoms with E-state index in [2.05, 4.69) is 25.2 Å². The van der Waals surface area contributed by atoms with Gasteiger partial charge in [0.2, 0.25) is 0 Å². The molecule has 1 aromatic heterocycles. The SMILES string of the molecule is CCOc1ccc([Si](C)(C)CCCc2ccc(F)c(Oc3ccccc3)c2)s1. The van der Waals surface area contributed by atoms with Gasteiger partial charge < -0.3 is 9.47 Å². The summed E-state index contributed by atoms with van der Waals surface area (Å²) in [5, 5.41) is 1.01. The number of thiophene rings is 1. The number of hydrogen-bond donors (Lipinski definition) is 0. The van der Waals surface area contributed by atoms with E-state index in [-0.39, 0.29) is 5.82 Å². The number of aryl methyl sites for hydroxylation is 1. The molecule has 0 unspecified atom stereocenters. The van der Waals surface area contributed by atoms with Gasteiger partial charge in [0.25, 0.3) is 0 Å². The van der Waals surface area contributed by atoms with Crippen molar-refractivity contribution >= 4 is 23.9 Å². The summed E-state index contributed by atoms with van der Waals surface area (Å²) in [4.78, 5) is 0. The Balaban J connectivity index is 1.60. The second kappa shape index (κ2) is 9.39.